The molecule has 2 fully saturated rings. The van der Waals surface area contributed by atoms with Crippen molar-refractivity contribution in [2.75, 3.05) is 0 Å². The van der Waals surface area contributed by atoms with Gasteiger partial charge in [-0.2, -0.15) is 0 Å². The van der Waals surface area contributed by atoms with Gasteiger partial charge in [-0.1, -0.05) is 6.42 Å². The molecule has 0 radical (unpaired) electrons. The molecule has 0 N–H and O–H groups in total. The molecule has 2 aliphatic rings. The summed E-state index contributed by atoms with van der Waals surface area (Å²) < 4.78 is 5.52. The summed E-state index contributed by atoms with van der Waals surface area (Å²) in [6, 6.07) is 0.342. The molecule has 2 rings (SSSR count). The molecule has 0 saturated heterocycles. The Labute approximate surface area is 115 Å². The molecule has 108 valence electrons. The van der Waals surface area contributed by atoms with Crippen molar-refractivity contribution in [1.29, 1.82) is 0 Å². The third-order valence-electron chi connectivity index (χ3n) is 3.93. The first-order valence-electron chi connectivity index (χ1n) is 7.37. The van der Waals surface area contributed by atoms with Crippen LogP contribution in [0.25, 0.3) is 0 Å². The summed E-state index contributed by atoms with van der Waals surface area (Å²) in [6.07, 6.45) is 6.71. The van der Waals surface area contributed by atoms with Crippen LogP contribution in [0.4, 0.5) is 4.79 Å². The van der Waals surface area contributed by atoms with E-state index >= 15 is 0 Å². The minimum Gasteiger partial charge on any atom is -0.444 e. The molecule has 1 amide bonds. The Morgan fingerprint density at radius 3 is 2.32 bits per heavy atom. The van der Waals surface area contributed by atoms with Crippen LogP contribution in [0, 0.1) is 5.92 Å². The van der Waals surface area contributed by atoms with E-state index in [0.717, 1.165) is 32.0 Å². The molecular weight excluding hydrogens is 242 g/mol. The number of carbonyl (C=O) groups is 2. The van der Waals surface area contributed by atoms with Crippen molar-refractivity contribution in [1.82, 2.24) is 4.90 Å². The molecule has 0 bridgehead atoms. The van der Waals surface area contributed by atoms with Gasteiger partial charge < -0.3 is 14.4 Å². The predicted molar refractivity (Wildman–Crippen MR) is 72.9 cm³/mol. The average molecular weight is 267 g/mol. The Balaban J connectivity index is 2.08. The molecule has 2 aliphatic carbocycles. The first-order chi connectivity index (χ1) is 8.92. The first-order valence-corrected chi connectivity index (χ1v) is 7.37. The molecule has 2 saturated carbocycles. The van der Waals surface area contributed by atoms with E-state index in [0.29, 0.717) is 18.4 Å². The third kappa shape index (κ3) is 3.71. The van der Waals surface area contributed by atoms with Crippen LogP contribution in [-0.2, 0) is 9.53 Å². The molecule has 4 nitrogen and oxygen atoms in total. The van der Waals surface area contributed by atoms with Gasteiger partial charge in [0.2, 0.25) is 0 Å². The SMILES string of the molecule is CC(C)(C)OC(=O)N(C1CC1)C(CC=O)C1CCC1. The van der Waals surface area contributed by atoms with Crippen molar-refractivity contribution >= 4 is 12.4 Å². The van der Waals surface area contributed by atoms with Crippen LogP contribution < -0.4 is 0 Å². The highest BCUT2D eigenvalue weighted by Gasteiger charge is 2.43. The number of amides is 1. The van der Waals surface area contributed by atoms with Crippen LogP contribution in [0.3, 0.4) is 0 Å². The monoisotopic (exact) mass is 267 g/mol. The molecule has 0 heterocycles. The lowest BCUT2D eigenvalue weighted by molar-refractivity contribution is -0.109. The zero-order valence-electron chi connectivity index (χ0n) is 12.2. The highest BCUT2D eigenvalue weighted by atomic mass is 16.6. The second-order valence-corrected chi connectivity index (χ2v) is 6.78. The van der Waals surface area contributed by atoms with Gasteiger partial charge in [-0.3, -0.25) is 0 Å². The Morgan fingerprint density at radius 1 is 1.32 bits per heavy atom. The molecule has 0 aromatic rings. The third-order valence-corrected chi connectivity index (χ3v) is 3.93. The summed E-state index contributed by atoms with van der Waals surface area (Å²) in [5, 5.41) is 0. The standard InChI is InChI=1S/C15H25NO3/c1-15(2,3)19-14(18)16(12-7-8-12)13(9-10-17)11-5-4-6-11/h10-13H,4-9H2,1-3H3. The fourth-order valence-electron chi connectivity index (χ4n) is 2.68. The van der Waals surface area contributed by atoms with Crippen molar-refractivity contribution in [2.45, 2.75) is 77.0 Å². The van der Waals surface area contributed by atoms with Crippen molar-refractivity contribution in [3.63, 3.8) is 0 Å². The Bertz CT molecular complexity index is 340. The second-order valence-electron chi connectivity index (χ2n) is 6.78. The van der Waals surface area contributed by atoms with Gasteiger partial charge in [-0.25, -0.2) is 4.79 Å². The van der Waals surface area contributed by atoms with E-state index in [1.165, 1.54) is 6.42 Å². The van der Waals surface area contributed by atoms with E-state index < -0.39 is 5.60 Å². The number of aldehydes is 1. The Kier molecular flexibility index (Phi) is 4.16. The normalized spacial score (nSPS) is 21.4. The summed E-state index contributed by atoms with van der Waals surface area (Å²) in [7, 11) is 0. The van der Waals surface area contributed by atoms with Gasteiger partial charge >= 0.3 is 6.09 Å². The van der Waals surface area contributed by atoms with E-state index in [-0.39, 0.29) is 12.1 Å². The summed E-state index contributed by atoms with van der Waals surface area (Å²) in [4.78, 5) is 25.2. The summed E-state index contributed by atoms with van der Waals surface area (Å²) in [6.45, 7) is 5.65. The Hall–Kier alpha value is -1.06. The fourth-order valence-corrected chi connectivity index (χ4v) is 2.68. The van der Waals surface area contributed by atoms with Crippen LogP contribution >= 0.6 is 0 Å². The van der Waals surface area contributed by atoms with Gasteiger partial charge in [0.1, 0.15) is 11.9 Å². The van der Waals surface area contributed by atoms with Crippen LogP contribution in [0.1, 0.15) is 59.3 Å². The number of nitrogens with zero attached hydrogens (tertiary/aromatic N) is 1. The lowest BCUT2D eigenvalue weighted by atomic mass is 9.78. The lowest BCUT2D eigenvalue weighted by Crippen LogP contribution is -2.49. The van der Waals surface area contributed by atoms with E-state index in [1.54, 1.807) is 0 Å². The van der Waals surface area contributed by atoms with Crippen LogP contribution in [0.15, 0.2) is 0 Å². The van der Waals surface area contributed by atoms with E-state index in [9.17, 15) is 9.59 Å². The number of carbonyl (C=O) groups excluding carboxylic acids is 2. The van der Waals surface area contributed by atoms with Crippen LogP contribution in [0.2, 0.25) is 0 Å². The molecule has 0 aliphatic heterocycles. The van der Waals surface area contributed by atoms with Crippen molar-refractivity contribution < 1.29 is 14.3 Å². The lowest BCUT2D eigenvalue weighted by Gasteiger charge is -2.41. The first kappa shape index (κ1) is 14.4. The summed E-state index contributed by atoms with van der Waals surface area (Å²) in [5.41, 5.74) is -0.477. The fraction of sp³-hybridized carbons (Fsp3) is 0.867. The van der Waals surface area contributed by atoms with E-state index in [1.807, 2.05) is 25.7 Å². The van der Waals surface area contributed by atoms with E-state index in [4.69, 9.17) is 4.74 Å². The second kappa shape index (κ2) is 5.51. The minimum atomic E-state index is -0.477. The topological polar surface area (TPSA) is 46.6 Å². The van der Waals surface area contributed by atoms with Gasteiger partial charge in [-0.05, 0) is 52.4 Å². The molecule has 0 aromatic heterocycles. The highest BCUT2D eigenvalue weighted by molar-refractivity contribution is 5.70. The number of ether oxygens (including phenoxy) is 1. The molecule has 0 aromatic carbocycles. The predicted octanol–water partition coefficient (Wildman–Crippen LogP) is 3.14. The van der Waals surface area contributed by atoms with Crippen LogP contribution in [-0.4, -0.2) is 35.0 Å². The van der Waals surface area contributed by atoms with Gasteiger partial charge in [0.15, 0.2) is 0 Å². The molecule has 4 heteroatoms. The smallest absolute Gasteiger partial charge is 0.410 e. The number of hydrogen-bond donors (Lipinski definition) is 0. The maximum absolute atomic E-state index is 12.4. The maximum Gasteiger partial charge on any atom is 0.410 e. The highest BCUT2D eigenvalue weighted by Crippen LogP contribution is 2.39. The molecule has 1 atom stereocenters. The van der Waals surface area contributed by atoms with E-state index in [2.05, 4.69) is 0 Å². The molecule has 1 unspecified atom stereocenters. The summed E-state index contributed by atoms with van der Waals surface area (Å²) >= 11 is 0. The zero-order valence-corrected chi connectivity index (χ0v) is 12.2. The van der Waals surface area contributed by atoms with Gasteiger partial charge in [-0.15, -0.1) is 0 Å². The molecule has 0 spiro atoms. The quantitative estimate of drug-likeness (QED) is 0.719. The van der Waals surface area contributed by atoms with Gasteiger partial charge in [0.25, 0.3) is 0 Å². The van der Waals surface area contributed by atoms with Gasteiger partial charge in [0.05, 0.1) is 0 Å². The Morgan fingerprint density at radius 2 is 1.95 bits per heavy atom. The number of rotatable bonds is 5. The number of hydrogen-bond acceptors (Lipinski definition) is 3. The van der Waals surface area contributed by atoms with Gasteiger partial charge in [0, 0.05) is 18.5 Å². The molecule has 19 heavy (non-hydrogen) atoms. The zero-order chi connectivity index (χ0) is 14.0. The van der Waals surface area contributed by atoms with Crippen molar-refractivity contribution in [3.05, 3.63) is 0 Å². The molecular formula is C15H25NO3. The van der Waals surface area contributed by atoms with Crippen LogP contribution in [0.5, 0.6) is 0 Å². The van der Waals surface area contributed by atoms with Crippen molar-refractivity contribution in [3.8, 4) is 0 Å². The summed E-state index contributed by atoms with van der Waals surface area (Å²) in [5.74, 6) is 0.485. The average Bonchev–Trinajstić information content (AvgIpc) is 2.96. The minimum absolute atomic E-state index is 0.0496. The maximum atomic E-state index is 12.4. The largest absolute Gasteiger partial charge is 0.444 e. The van der Waals surface area contributed by atoms with Crippen molar-refractivity contribution in [2.24, 2.45) is 5.92 Å².